The second-order valence-electron chi connectivity index (χ2n) is 9.63. The highest BCUT2D eigenvalue weighted by Crippen LogP contribution is 2.35. The summed E-state index contributed by atoms with van der Waals surface area (Å²) in [4.78, 5) is 14.1. The first-order valence-electron chi connectivity index (χ1n) is 18.9. The largest absolute Gasteiger partial charge is 0.456 e. The second kappa shape index (κ2) is 10.5. The molecular weight excluding hydrogens is 526 g/mol. The van der Waals surface area contributed by atoms with Crippen LogP contribution >= 0.6 is 0 Å². The molecule has 0 saturated heterocycles. The molecule has 0 bridgehead atoms. The van der Waals surface area contributed by atoms with E-state index in [1.165, 1.54) is 0 Å². The lowest BCUT2D eigenvalue weighted by molar-refractivity contribution is 0.669. The van der Waals surface area contributed by atoms with Crippen LogP contribution in [-0.2, 0) is 0 Å². The van der Waals surface area contributed by atoms with Gasteiger partial charge in [0.25, 0.3) is 0 Å². The van der Waals surface area contributed by atoms with Crippen LogP contribution in [0.5, 0.6) is 0 Å². The van der Waals surface area contributed by atoms with E-state index in [4.69, 9.17) is 23.1 Å². The highest BCUT2D eigenvalue weighted by Gasteiger charge is 2.15. The van der Waals surface area contributed by atoms with Crippen LogP contribution in [0.25, 0.3) is 78.4 Å². The fraction of sp³-hybridized carbons (Fsp3) is 0. The van der Waals surface area contributed by atoms with Crippen LogP contribution in [-0.4, -0.2) is 15.0 Å². The van der Waals surface area contributed by atoms with E-state index in [1.807, 2.05) is 72.8 Å². The molecule has 8 rings (SSSR count). The van der Waals surface area contributed by atoms with Crippen molar-refractivity contribution in [3.63, 3.8) is 0 Å². The van der Waals surface area contributed by atoms with Gasteiger partial charge < -0.3 is 4.42 Å². The van der Waals surface area contributed by atoms with Gasteiger partial charge in [0, 0.05) is 27.5 Å². The van der Waals surface area contributed by atoms with E-state index in [2.05, 4.69) is 9.97 Å². The van der Waals surface area contributed by atoms with Crippen molar-refractivity contribution in [2.45, 2.75) is 0 Å². The van der Waals surface area contributed by atoms with E-state index in [1.54, 1.807) is 12.1 Å². The Morgan fingerprint density at radius 2 is 0.953 bits per heavy atom. The van der Waals surface area contributed by atoms with Gasteiger partial charge in [0.1, 0.15) is 11.2 Å². The molecule has 0 fully saturated rings. The molecule has 0 amide bonds. The Morgan fingerprint density at radius 3 is 1.65 bits per heavy atom. The van der Waals surface area contributed by atoms with Gasteiger partial charge in [-0.2, -0.15) is 0 Å². The summed E-state index contributed by atoms with van der Waals surface area (Å²) in [6.07, 6.45) is 0. The van der Waals surface area contributed by atoms with Crippen molar-refractivity contribution in [3.05, 3.63) is 151 Å². The van der Waals surface area contributed by atoms with Crippen LogP contribution in [0.1, 0.15) is 15.1 Å². The molecule has 202 valence electrons. The monoisotopic (exact) mass is 562 g/mol. The fourth-order valence-electron chi connectivity index (χ4n) is 4.78. The molecule has 2 aromatic heterocycles. The van der Waals surface area contributed by atoms with E-state index in [-0.39, 0.29) is 45.0 Å². The normalized spacial score (nSPS) is 14.8. The topological polar surface area (TPSA) is 51.8 Å². The molecule has 0 aliphatic heterocycles. The zero-order valence-corrected chi connectivity index (χ0v) is 22.3. The van der Waals surface area contributed by atoms with Gasteiger partial charge in [-0.1, -0.05) is 127 Å². The zero-order valence-electron chi connectivity index (χ0n) is 33.3. The first-order valence-corrected chi connectivity index (χ1v) is 13.4. The Labute approximate surface area is 264 Å². The van der Waals surface area contributed by atoms with Gasteiger partial charge in [-0.3, -0.25) is 0 Å². The third-order valence-corrected chi connectivity index (χ3v) is 6.90. The first kappa shape index (κ1) is 15.9. The van der Waals surface area contributed by atoms with E-state index in [0.717, 1.165) is 11.1 Å². The molecule has 0 unspecified atom stereocenters. The van der Waals surface area contributed by atoms with E-state index in [0.29, 0.717) is 11.1 Å². The smallest absolute Gasteiger partial charge is 0.164 e. The Bertz CT molecular complexity index is 2800. The number of hydrogen-bond acceptors (Lipinski definition) is 4. The van der Waals surface area contributed by atoms with Gasteiger partial charge in [0.2, 0.25) is 0 Å². The van der Waals surface area contributed by atoms with E-state index in [9.17, 15) is 1.37 Å². The summed E-state index contributed by atoms with van der Waals surface area (Å²) in [5.74, 6) is 0.411. The van der Waals surface area contributed by atoms with Crippen LogP contribution in [0.4, 0.5) is 0 Å². The summed E-state index contributed by atoms with van der Waals surface area (Å²) in [6.45, 7) is 0. The van der Waals surface area contributed by atoms with Gasteiger partial charge in [0.05, 0.1) is 15.1 Å². The number of aromatic nitrogens is 3. The summed E-state index contributed by atoms with van der Waals surface area (Å²) in [7, 11) is 0. The van der Waals surface area contributed by atoms with Gasteiger partial charge in [-0.05, 0) is 46.4 Å². The standard InChI is InChI=1S/C39H25N3O/c1-4-10-26(11-5-1)28-16-18-30(19-17-28)38-40-37(29-14-8-3-9-15-29)41-39(42-38)32-20-22-33-34-24-31(27-12-6-2-7-13-27)21-23-35(34)43-36(33)25-32/h1-25H/i2D,6D,7D,12D,13D,20D,21D,22D,23D,24D,25D. The van der Waals surface area contributed by atoms with Gasteiger partial charge >= 0.3 is 0 Å². The lowest BCUT2D eigenvalue weighted by Crippen LogP contribution is -2.00. The highest BCUT2D eigenvalue weighted by molar-refractivity contribution is 6.07. The molecule has 0 aliphatic rings. The van der Waals surface area contributed by atoms with Crippen molar-refractivity contribution in [3.8, 4) is 56.4 Å². The molecule has 0 radical (unpaired) electrons. The van der Waals surface area contributed by atoms with Crippen LogP contribution in [0.2, 0.25) is 0 Å². The molecule has 0 atom stereocenters. The minimum Gasteiger partial charge on any atom is -0.456 e. The Morgan fingerprint density at radius 1 is 0.395 bits per heavy atom. The Balaban J connectivity index is 1.37. The summed E-state index contributed by atoms with van der Waals surface area (Å²) < 4.78 is 101. The summed E-state index contributed by atoms with van der Waals surface area (Å²) >= 11 is 0. The average Bonchev–Trinajstić information content (AvgIpc) is 3.61. The van der Waals surface area contributed by atoms with Gasteiger partial charge in [0.15, 0.2) is 17.5 Å². The molecule has 0 aliphatic carbocycles. The molecule has 2 heterocycles. The summed E-state index contributed by atoms with van der Waals surface area (Å²) in [5.41, 5.74) is 1.62. The summed E-state index contributed by atoms with van der Waals surface area (Å²) in [5, 5.41) is -0.379. The summed E-state index contributed by atoms with van der Waals surface area (Å²) in [6, 6.07) is 20.0. The average molecular weight is 563 g/mol. The van der Waals surface area contributed by atoms with Crippen LogP contribution in [0, 0.1) is 0 Å². The second-order valence-corrected chi connectivity index (χ2v) is 9.63. The van der Waals surface area contributed by atoms with Crippen molar-refractivity contribution in [1.29, 1.82) is 0 Å². The lowest BCUT2D eigenvalue weighted by Gasteiger charge is -2.09. The maximum atomic E-state index is 9.28. The number of fused-ring (bicyclic) bond motifs is 3. The fourth-order valence-corrected chi connectivity index (χ4v) is 4.78. The third-order valence-electron chi connectivity index (χ3n) is 6.90. The van der Waals surface area contributed by atoms with E-state index >= 15 is 0 Å². The molecule has 8 aromatic rings. The Kier molecular flexibility index (Phi) is 3.90. The minimum absolute atomic E-state index is 0.0879. The number of benzene rings is 6. The maximum absolute atomic E-state index is 9.28. The van der Waals surface area contributed by atoms with Crippen molar-refractivity contribution >= 4 is 21.9 Å². The zero-order chi connectivity index (χ0) is 38.2. The SMILES string of the molecule is [2H]c1c([2H])c([2H])c(-c2c([2H])c([2H])c3oc4c([2H])c(-c5nc(-c6ccccc6)nc(-c6ccc(-c7ccccc7)cc6)n5)c([2H])c([2H])c4c3c2[2H])c([2H])c1[2H]. The molecule has 0 N–H and O–H groups in total. The Hall–Kier alpha value is -5.87. The molecular formula is C39H25N3O. The van der Waals surface area contributed by atoms with Crippen LogP contribution in [0.3, 0.4) is 0 Å². The molecule has 0 spiro atoms. The minimum atomic E-state index is -0.681. The first-order chi connectivity index (χ1) is 25.9. The molecule has 43 heavy (non-hydrogen) atoms. The van der Waals surface area contributed by atoms with Crippen molar-refractivity contribution in [2.24, 2.45) is 0 Å². The molecule has 0 saturated carbocycles. The van der Waals surface area contributed by atoms with Crippen molar-refractivity contribution < 1.29 is 19.5 Å². The number of nitrogens with zero attached hydrogens (tertiary/aromatic N) is 3. The number of furan rings is 1. The van der Waals surface area contributed by atoms with Crippen molar-refractivity contribution in [1.82, 2.24) is 15.0 Å². The predicted molar refractivity (Wildman–Crippen MR) is 174 cm³/mol. The number of rotatable bonds is 5. The number of hydrogen-bond donors (Lipinski definition) is 0. The van der Waals surface area contributed by atoms with Crippen LogP contribution in [0.15, 0.2) is 156 Å². The van der Waals surface area contributed by atoms with Crippen LogP contribution < -0.4 is 0 Å². The highest BCUT2D eigenvalue weighted by atomic mass is 16.3. The molecule has 4 nitrogen and oxygen atoms in total. The quantitative estimate of drug-likeness (QED) is 0.209. The third kappa shape index (κ3) is 4.75. The molecule has 6 aromatic carbocycles. The van der Waals surface area contributed by atoms with Gasteiger partial charge in [-0.15, -0.1) is 0 Å². The van der Waals surface area contributed by atoms with Gasteiger partial charge in [-0.25, -0.2) is 15.0 Å². The van der Waals surface area contributed by atoms with E-state index < -0.39 is 77.6 Å². The lowest BCUT2D eigenvalue weighted by atomic mass is 10.0. The predicted octanol–water partition coefficient (Wildman–Crippen LogP) is 10.1. The van der Waals surface area contributed by atoms with Crippen molar-refractivity contribution in [2.75, 3.05) is 0 Å². The maximum Gasteiger partial charge on any atom is 0.164 e. The molecule has 4 heteroatoms.